The SMILES string of the molecule is CN=C(NCc1nc(-c2ccc(OC)cc2)n[nH]1)NCC(C)Sc1ccccc1.I. The molecule has 0 aliphatic carbocycles. The lowest BCUT2D eigenvalue weighted by atomic mass is 10.2. The number of aromatic nitrogens is 3. The summed E-state index contributed by atoms with van der Waals surface area (Å²) < 4.78 is 5.18. The number of thioether (sulfide) groups is 1. The number of nitrogens with zero attached hydrogens (tertiary/aromatic N) is 3. The number of ether oxygens (including phenoxy) is 1. The molecule has 160 valence electrons. The molecule has 3 N–H and O–H groups in total. The number of hydrogen-bond donors (Lipinski definition) is 3. The van der Waals surface area contributed by atoms with Crippen molar-refractivity contribution in [2.45, 2.75) is 23.6 Å². The lowest BCUT2D eigenvalue weighted by molar-refractivity contribution is 0.415. The van der Waals surface area contributed by atoms with Crippen LogP contribution in [0, 0.1) is 0 Å². The number of methoxy groups -OCH3 is 1. The topological polar surface area (TPSA) is 87.2 Å². The molecule has 1 heterocycles. The molecule has 0 spiro atoms. The molecule has 7 nitrogen and oxygen atoms in total. The first-order valence-corrected chi connectivity index (χ1v) is 10.3. The second kappa shape index (κ2) is 12.4. The number of rotatable bonds is 8. The van der Waals surface area contributed by atoms with Crippen molar-refractivity contribution >= 4 is 41.7 Å². The van der Waals surface area contributed by atoms with Gasteiger partial charge < -0.3 is 15.4 Å². The quantitative estimate of drug-likeness (QED) is 0.174. The van der Waals surface area contributed by atoms with Crippen molar-refractivity contribution in [3.63, 3.8) is 0 Å². The van der Waals surface area contributed by atoms with E-state index in [-0.39, 0.29) is 24.0 Å². The van der Waals surface area contributed by atoms with Crippen LogP contribution in [0.15, 0.2) is 64.5 Å². The second-order valence-electron chi connectivity index (χ2n) is 6.38. The maximum absolute atomic E-state index is 5.18. The molecule has 0 radical (unpaired) electrons. The van der Waals surface area contributed by atoms with E-state index in [1.165, 1.54) is 4.90 Å². The molecular formula is C21H27IN6OS. The average Bonchev–Trinajstić information content (AvgIpc) is 3.23. The van der Waals surface area contributed by atoms with Gasteiger partial charge in [-0.05, 0) is 36.4 Å². The Morgan fingerprint density at radius 2 is 1.87 bits per heavy atom. The van der Waals surface area contributed by atoms with Crippen molar-refractivity contribution < 1.29 is 4.74 Å². The highest BCUT2D eigenvalue weighted by atomic mass is 127. The minimum Gasteiger partial charge on any atom is -0.497 e. The molecule has 3 rings (SSSR count). The Hall–Kier alpha value is -2.27. The Kier molecular flexibility index (Phi) is 9.95. The van der Waals surface area contributed by atoms with E-state index >= 15 is 0 Å². The molecule has 0 saturated carbocycles. The summed E-state index contributed by atoms with van der Waals surface area (Å²) in [4.78, 5) is 10.1. The summed E-state index contributed by atoms with van der Waals surface area (Å²) in [7, 11) is 3.40. The predicted octanol–water partition coefficient (Wildman–Crippen LogP) is 3.94. The minimum atomic E-state index is 0. The molecule has 3 aromatic rings. The van der Waals surface area contributed by atoms with Crippen molar-refractivity contribution in [1.29, 1.82) is 0 Å². The Morgan fingerprint density at radius 1 is 1.13 bits per heavy atom. The number of nitrogens with one attached hydrogen (secondary N) is 3. The molecule has 0 saturated heterocycles. The highest BCUT2D eigenvalue weighted by Crippen LogP contribution is 2.22. The van der Waals surface area contributed by atoms with Crippen molar-refractivity contribution in [3.05, 3.63) is 60.4 Å². The molecule has 1 unspecified atom stereocenters. The van der Waals surface area contributed by atoms with Crippen LogP contribution in [-0.4, -0.2) is 47.1 Å². The summed E-state index contributed by atoms with van der Waals surface area (Å²) in [5.74, 6) is 2.93. The summed E-state index contributed by atoms with van der Waals surface area (Å²) in [6.45, 7) is 3.49. The summed E-state index contributed by atoms with van der Waals surface area (Å²) in [5.41, 5.74) is 0.933. The van der Waals surface area contributed by atoms with Crippen LogP contribution in [-0.2, 0) is 6.54 Å². The molecule has 0 amide bonds. The standard InChI is InChI=1S/C21H26N6OS.HI/c1-15(29-18-7-5-4-6-8-18)13-23-21(22-2)24-14-19-25-20(27-26-19)16-9-11-17(28-3)12-10-16;/h4-12,15H,13-14H2,1-3H3,(H2,22,23,24)(H,25,26,27);1H. The molecule has 9 heteroatoms. The van der Waals surface area contributed by atoms with Crippen molar-refractivity contribution in [3.8, 4) is 17.1 Å². The summed E-state index contributed by atoms with van der Waals surface area (Å²) in [5, 5.41) is 14.3. The van der Waals surface area contributed by atoms with E-state index in [1.54, 1.807) is 14.2 Å². The van der Waals surface area contributed by atoms with Gasteiger partial charge in [0.05, 0.1) is 13.7 Å². The molecule has 2 aromatic carbocycles. The van der Waals surface area contributed by atoms with Crippen LogP contribution in [0.25, 0.3) is 11.4 Å². The maximum atomic E-state index is 5.18. The lowest BCUT2D eigenvalue weighted by Crippen LogP contribution is -2.39. The molecule has 0 aliphatic heterocycles. The van der Waals surface area contributed by atoms with E-state index in [1.807, 2.05) is 42.1 Å². The van der Waals surface area contributed by atoms with Crippen LogP contribution in [0.1, 0.15) is 12.7 Å². The van der Waals surface area contributed by atoms with Gasteiger partial charge in [-0.2, -0.15) is 5.10 Å². The summed E-state index contributed by atoms with van der Waals surface area (Å²) in [6, 6.07) is 18.0. The molecule has 0 fully saturated rings. The fraction of sp³-hybridized carbons (Fsp3) is 0.286. The van der Waals surface area contributed by atoms with Crippen molar-refractivity contribution in [2.75, 3.05) is 20.7 Å². The van der Waals surface area contributed by atoms with Gasteiger partial charge >= 0.3 is 0 Å². The number of aliphatic imine (C=N–C) groups is 1. The third-order valence-corrected chi connectivity index (χ3v) is 5.28. The number of benzene rings is 2. The minimum absolute atomic E-state index is 0. The van der Waals surface area contributed by atoms with E-state index in [2.05, 4.69) is 62.0 Å². The largest absolute Gasteiger partial charge is 0.497 e. The van der Waals surface area contributed by atoms with Crippen LogP contribution in [0.5, 0.6) is 5.75 Å². The van der Waals surface area contributed by atoms with Crippen LogP contribution in [0.4, 0.5) is 0 Å². The first-order valence-electron chi connectivity index (χ1n) is 9.40. The Labute approximate surface area is 198 Å². The Morgan fingerprint density at radius 3 is 2.53 bits per heavy atom. The van der Waals surface area contributed by atoms with E-state index in [0.717, 1.165) is 29.6 Å². The number of hydrogen-bond acceptors (Lipinski definition) is 5. The zero-order valence-electron chi connectivity index (χ0n) is 17.3. The fourth-order valence-electron chi connectivity index (χ4n) is 2.65. The third kappa shape index (κ3) is 7.21. The normalized spacial score (nSPS) is 12.0. The smallest absolute Gasteiger partial charge is 0.191 e. The molecule has 0 bridgehead atoms. The first-order chi connectivity index (χ1) is 14.2. The van der Waals surface area contributed by atoms with Crippen LogP contribution >= 0.6 is 35.7 Å². The van der Waals surface area contributed by atoms with Crippen LogP contribution in [0.2, 0.25) is 0 Å². The van der Waals surface area contributed by atoms with Gasteiger partial charge in [-0.25, -0.2) is 4.98 Å². The van der Waals surface area contributed by atoms with Crippen molar-refractivity contribution in [2.24, 2.45) is 4.99 Å². The monoisotopic (exact) mass is 538 g/mol. The second-order valence-corrected chi connectivity index (χ2v) is 7.89. The predicted molar refractivity (Wildman–Crippen MR) is 134 cm³/mol. The third-order valence-electron chi connectivity index (χ3n) is 4.16. The number of halogens is 1. The molecule has 30 heavy (non-hydrogen) atoms. The van der Waals surface area contributed by atoms with Crippen molar-refractivity contribution in [1.82, 2.24) is 25.8 Å². The number of H-pyrrole nitrogens is 1. The summed E-state index contributed by atoms with van der Waals surface area (Å²) in [6.07, 6.45) is 0. The van der Waals surface area contributed by atoms with E-state index in [0.29, 0.717) is 17.6 Å². The fourth-order valence-corrected chi connectivity index (χ4v) is 3.59. The van der Waals surface area contributed by atoms with E-state index in [9.17, 15) is 0 Å². The lowest BCUT2D eigenvalue weighted by Gasteiger charge is -2.15. The van der Waals surface area contributed by atoms with E-state index < -0.39 is 0 Å². The van der Waals surface area contributed by atoms with Gasteiger partial charge in [-0.1, -0.05) is 25.1 Å². The Balaban J connectivity index is 0.00000320. The van der Waals surface area contributed by atoms with Crippen LogP contribution in [0.3, 0.4) is 0 Å². The van der Waals surface area contributed by atoms with E-state index in [4.69, 9.17) is 4.74 Å². The molecule has 0 aliphatic rings. The van der Waals surface area contributed by atoms with Gasteiger partial charge in [0.25, 0.3) is 0 Å². The van der Waals surface area contributed by atoms with Gasteiger partial charge in [-0.15, -0.1) is 35.7 Å². The number of guanidine groups is 1. The van der Waals surface area contributed by atoms with Gasteiger partial charge in [0.1, 0.15) is 11.6 Å². The molecule has 1 atom stereocenters. The van der Waals surface area contributed by atoms with Crippen LogP contribution < -0.4 is 15.4 Å². The number of aromatic amines is 1. The first kappa shape index (κ1) is 24.0. The van der Waals surface area contributed by atoms with Gasteiger partial charge in [0.2, 0.25) is 0 Å². The zero-order chi connectivity index (χ0) is 20.5. The highest BCUT2D eigenvalue weighted by molar-refractivity contribution is 14.0. The molecule has 1 aromatic heterocycles. The Bertz CT molecular complexity index is 917. The van der Waals surface area contributed by atoms with Gasteiger partial charge in [0.15, 0.2) is 11.8 Å². The molecular weight excluding hydrogens is 511 g/mol. The summed E-state index contributed by atoms with van der Waals surface area (Å²) >= 11 is 1.83. The van der Waals surface area contributed by atoms with Gasteiger partial charge in [0, 0.05) is 29.3 Å². The average molecular weight is 538 g/mol. The van der Waals surface area contributed by atoms with Gasteiger partial charge in [-0.3, -0.25) is 10.1 Å². The highest BCUT2D eigenvalue weighted by Gasteiger charge is 2.09. The zero-order valence-corrected chi connectivity index (χ0v) is 20.4. The maximum Gasteiger partial charge on any atom is 0.191 e.